The van der Waals surface area contributed by atoms with Gasteiger partial charge in [0.15, 0.2) is 0 Å². The molecule has 5 heteroatoms. The van der Waals surface area contributed by atoms with Crippen LogP contribution in [-0.2, 0) is 7.05 Å². The van der Waals surface area contributed by atoms with Crippen LogP contribution in [0.5, 0.6) is 0 Å². The summed E-state index contributed by atoms with van der Waals surface area (Å²) in [5.74, 6) is -0.0628. The Morgan fingerprint density at radius 3 is 2.53 bits per heavy atom. The first-order chi connectivity index (χ1) is 8.99. The fraction of sp³-hybridized carbons (Fsp3) is 0.286. The molecule has 1 aromatic heterocycles. The molecule has 0 aliphatic carbocycles. The topological polar surface area (TPSA) is 46.9 Å². The third-order valence-electron chi connectivity index (χ3n) is 3.19. The second-order valence-corrected chi connectivity index (χ2v) is 5.76. The molecule has 1 aromatic carbocycles. The first kappa shape index (κ1) is 14.0. The van der Waals surface area contributed by atoms with Gasteiger partial charge in [0.25, 0.3) is 5.91 Å². The number of amides is 1. The van der Waals surface area contributed by atoms with E-state index in [0.29, 0.717) is 5.56 Å². The third kappa shape index (κ3) is 3.15. The van der Waals surface area contributed by atoms with Gasteiger partial charge in [-0.1, -0.05) is 0 Å². The first-order valence-corrected chi connectivity index (χ1v) is 7.12. The van der Waals surface area contributed by atoms with Crippen molar-refractivity contribution in [2.45, 2.75) is 19.9 Å². The minimum Gasteiger partial charge on any atom is -0.345 e. The third-order valence-corrected chi connectivity index (χ3v) is 3.91. The van der Waals surface area contributed by atoms with E-state index in [9.17, 15) is 4.79 Å². The molecule has 1 unspecified atom stereocenters. The Hall–Kier alpha value is -1.37. The normalized spacial score (nSPS) is 12.2. The summed E-state index contributed by atoms with van der Waals surface area (Å²) in [5.41, 5.74) is 2.78. The Balaban J connectivity index is 2.10. The minimum absolute atomic E-state index is 0.0551. The average molecular weight is 369 g/mol. The summed E-state index contributed by atoms with van der Waals surface area (Å²) in [5, 5.41) is 7.18. The summed E-state index contributed by atoms with van der Waals surface area (Å²) in [7, 11) is 1.90. The molecule has 1 atom stereocenters. The number of nitrogens with zero attached hydrogens (tertiary/aromatic N) is 2. The van der Waals surface area contributed by atoms with Crippen molar-refractivity contribution in [2.75, 3.05) is 0 Å². The Morgan fingerprint density at radius 2 is 2.00 bits per heavy atom. The number of halogens is 1. The zero-order chi connectivity index (χ0) is 14.0. The number of carbonyl (C=O) groups is 1. The number of nitrogens with one attached hydrogen (secondary N) is 1. The highest BCUT2D eigenvalue weighted by Crippen LogP contribution is 2.16. The van der Waals surface area contributed by atoms with E-state index < -0.39 is 0 Å². The predicted octanol–water partition coefficient (Wildman–Crippen LogP) is 2.82. The molecule has 0 bridgehead atoms. The van der Waals surface area contributed by atoms with Gasteiger partial charge in [-0.3, -0.25) is 9.48 Å². The van der Waals surface area contributed by atoms with E-state index in [4.69, 9.17) is 0 Å². The molecule has 0 aliphatic rings. The van der Waals surface area contributed by atoms with Crippen molar-refractivity contribution in [1.29, 1.82) is 0 Å². The van der Waals surface area contributed by atoms with Gasteiger partial charge in [0, 0.05) is 27.4 Å². The fourth-order valence-electron chi connectivity index (χ4n) is 1.90. The monoisotopic (exact) mass is 369 g/mol. The van der Waals surface area contributed by atoms with Crippen LogP contribution in [0.1, 0.15) is 34.6 Å². The van der Waals surface area contributed by atoms with Crippen LogP contribution in [0, 0.1) is 10.5 Å². The van der Waals surface area contributed by atoms with Crippen molar-refractivity contribution in [3.05, 3.63) is 50.9 Å². The van der Waals surface area contributed by atoms with E-state index in [0.717, 1.165) is 14.8 Å². The van der Waals surface area contributed by atoms with Crippen molar-refractivity contribution in [3.63, 3.8) is 0 Å². The van der Waals surface area contributed by atoms with Gasteiger partial charge in [-0.15, -0.1) is 0 Å². The molecule has 100 valence electrons. The Labute approximate surface area is 126 Å². The van der Waals surface area contributed by atoms with Crippen LogP contribution in [0.4, 0.5) is 0 Å². The van der Waals surface area contributed by atoms with Crippen molar-refractivity contribution < 1.29 is 4.79 Å². The maximum atomic E-state index is 12.1. The van der Waals surface area contributed by atoms with Gasteiger partial charge in [0.05, 0.1) is 12.2 Å². The lowest BCUT2D eigenvalue weighted by atomic mass is 10.1. The molecule has 1 amide bonds. The zero-order valence-corrected chi connectivity index (χ0v) is 13.3. The number of hydrogen-bond acceptors (Lipinski definition) is 2. The second-order valence-electron chi connectivity index (χ2n) is 4.51. The largest absolute Gasteiger partial charge is 0.345 e. The molecule has 2 aromatic rings. The lowest BCUT2D eigenvalue weighted by Gasteiger charge is -2.13. The molecule has 0 fully saturated rings. The van der Waals surface area contributed by atoms with E-state index in [2.05, 4.69) is 33.0 Å². The molecule has 2 rings (SSSR count). The molecule has 0 saturated carbocycles. The molecule has 0 radical (unpaired) electrons. The van der Waals surface area contributed by atoms with Gasteiger partial charge in [-0.2, -0.15) is 5.10 Å². The highest BCUT2D eigenvalue weighted by Gasteiger charge is 2.15. The SMILES string of the molecule is Cc1c(C(C)NC(=O)c2ccc(I)cc2)cnn1C. The molecule has 4 nitrogen and oxygen atoms in total. The van der Waals surface area contributed by atoms with Crippen LogP contribution in [-0.4, -0.2) is 15.7 Å². The molecule has 0 saturated heterocycles. The van der Waals surface area contributed by atoms with Crippen LogP contribution in [0.3, 0.4) is 0 Å². The summed E-state index contributed by atoms with van der Waals surface area (Å²) in [6.07, 6.45) is 1.80. The highest BCUT2D eigenvalue weighted by atomic mass is 127. The van der Waals surface area contributed by atoms with Gasteiger partial charge in [0.1, 0.15) is 0 Å². The Morgan fingerprint density at radius 1 is 1.37 bits per heavy atom. The lowest BCUT2D eigenvalue weighted by Crippen LogP contribution is -2.26. The number of aryl methyl sites for hydroxylation is 1. The lowest BCUT2D eigenvalue weighted by molar-refractivity contribution is 0.0940. The molecule has 1 heterocycles. The summed E-state index contributed by atoms with van der Waals surface area (Å²) in [4.78, 5) is 12.1. The van der Waals surface area contributed by atoms with Crippen molar-refractivity contribution in [3.8, 4) is 0 Å². The zero-order valence-electron chi connectivity index (χ0n) is 11.1. The predicted molar refractivity (Wildman–Crippen MR) is 83.0 cm³/mol. The number of aromatic nitrogens is 2. The highest BCUT2D eigenvalue weighted by molar-refractivity contribution is 14.1. The van der Waals surface area contributed by atoms with Gasteiger partial charge < -0.3 is 5.32 Å². The molecule has 0 spiro atoms. The van der Waals surface area contributed by atoms with Gasteiger partial charge in [0.2, 0.25) is 0 Å². The fourth-order valence-corrected chi connectivity index (χ4v) is 2.26. The number of benzene rings is 1. The average Bonchev–Trinajstić information content (AvgIpc) is 2.70. The maximum Gasteiger partial charge on any atom is 0.251 e. The standard InChI is InChI=1S/C14H16IN3O/c1-9(13-8-16-18(3)10(13)2)17-14(19)11-4-6-12(15)7-5-11/h4-9H,1-3H3,(H,17,19). The quantitative estimate of drug-likeness (QED) is 0.846. The van der Waals surface area contributed by atoms with Gasteiger partial charge >= 0.3 is 0 Å². The van der Waals surface area contributed by atoms with Crippen LogP contribution >= 0.6 is 22.6 Å². The Kier molecular flexibility index (Phi) is 4.24. The molecular weight excluding hydrogens is 353 g/mol. The smallest absolute Gasteiger partial charge is 0.251 e. The van der Waals surface area contributed by atoms with Crippen LogP contribution in [0.25, 0.3) is 0 Å². The second kappa shape index (κ2) is 5.73. The summed E-state index contributed by atoms with van der Waals surface area (Å²) >= 11 is 2.22. The van der Waals surface area contributed by atoms with E-state index in [-0.39, 0.29) is 11.9 Å². The van der Waals surface area contributed by atoms with Gasteiger partial charge in [-0.25, -0.2) is 0 Å². The van der Waals surface area contributed by atoms with Crippen molar-refractivity contribution in [1.82, 2.24) is 15.1 Å². The number of hydrogen-bond donors (Lipinski definition) is 1. The molecule has 1 N–H and O–H groups in total. The van der Waals surface area contributed by atoms with Gasteiger partial charge in [-0.05, 0) is 60.7 Å². The molecule has 19 heavy (non-hydrogen) atoms. The Bertz CT molecular complexity index is 589. The van der Waals surface area contributed by atoms with E-state index in [1.807, 2.05) is 49.8 Å². The van der Waals surface area contributed by atoms with E-state index in [1.165, 1.54) is 0 Å². The summed E-state index contributed by atoms with van der Waals surface area (Å²) in [6, 6.07) is 7.46. The molecule has 0 aliphatic heterocycles. The van der Waals surface area contributed by atoms with Crippen molar-refractivity contribution >= 4 is 28.5 Å². The van der Waals surface area contributed by atoms with Crippen LogP contribution in [0.15, 0.2) is 30.5 Å². The van der Waals surface area contributed by atoms with Crippen LogP contribution in [0.2, 0.25) is 0 Å². The van der Waals surface area contributed by atoms with Crippen LogP contribution < -0.4 is 5.32 Å². The first-order valence-electron chi connectivity index (χ1n) is 6.04. The van der Waals surface area contributed by atoms with E-state index in [1.54, 1.807) is 6.20 Å². The number of carbonyl (C=O) groups excluding carboxylic acids is 1. The maximum absolute atomic E-state index is 12.1. The molecular formula is C14H16IN3O. The summed E-state index contributed by atoms with van der Waals surface area (Å²) in [6.45, 7) is 3.96. The minimum atomic E-state index is -0.0628. The van der Waals surface area contributed by atoms with E-state index >= 15 is 0 Å². The van der Waals surface area contributed by atoms with Crippen molar-refractivity contribution in [2.24, 2.45) is 7.05 Å². The summed E-state index contributed by atoms with van der Waals surface area (Å²) < 4.78 is 2.92. The number of rotatable bonds is 3.